The minimum absolute atomic E-state index is 0.0000748. The Balaban J connectivity index is 1.28. The summed E-state index contributed by atoms with van der Waals surface area (Å²) in [5.41, 5.74) is 23.4. The van der Waals surface area contributed by atoms with Gasteiger partial charge in [0.25, 0.3) is 6.71 Å². The Bertz CT molecular complexity index is 3400. The molecule has 0 saturated heterocycles. The predicted octanol–water partition coefficient (Wildman–Crippen LogP) is 15.4. The summed E-state index contributed by atoms with van der Waals surface area (Å²) in [5, 5.41) is 2.26. The average molecular weight is 863 g/mol. The van der Waals surface area contributed by atoms with E-state index in [4.69, 9.17) is 8.83 Å². The van der Waals surface area contributed by atoms with E-state index in [9.17, 15) is 0 Å². The SMILES string of the molecule is Cc1cc(C(C)(C)C)cc(C)c1N1c2cccc3c2B(c2cc(-c4coc5ccccc45)ccc2N3c2c(C)cc(C(C)(C)C)cc2-c2ccccc2)c2c1oc1ccc(C(C)(C)C)cc21. The van der Waals surface area contributed by atoms with Gasteiger partial charge in [0.1, 0.15) is 11.2 Å². The van der Waals surface area contributed by atoms with E-state index in [1.165, 1.54) is 72.3 Å². The summed E-state index contributed by atoms with van der Waals surface area (Å²) in [6.45, 7) is 27.5. The molecule has 5 heteroatoms. The maximum absolute atomic E-state index is 7.31. The van der Waals surface area contributed by atoms with Gasteiger partial charge in [-0.1, -0.05) is 153 Å². The first kappa shape index (κ1) is 42.0. The molecule has 0 bridgehead atoms. The van der Waals surface area contributed by atoms with Crippen molar-refractivity contribution in [2.24, 2.45) is 0 Å². The van der Waals surface area contributed by atoms with Crippen molar-refractivity contribution in [1.82, 2.24) is 0 Å². The molecule has 0 N–H and O–H groups in total. The van der Waals surface area contributed by atoms with Gasteiger partial charge in [0.15, 0.2) is 0 Å². The fraction of sp³-hybridized carbons (Fsp3) is 0.246. The summed E-state index contributed by atoms with van der Waals surface area (Å²) in [7, 11) is 0. The van der Waals surface area contributed by atoms with Crippen LogP contribution in [-0.2, 0) is 16.2 Å². The summed E-state index contributed by atoms with van der Waals surface area (Å²) in [6, 6.07) is 49.9. The van der Waals surface area contributed by atoms with E-state index in [1.54, 1.807) is 0 Å². The summed E-state index contributed by atoms with van der Waals surface area (Å²) in [5.74, 6) is 0.884. The van der Waals surface area contributed by atoms with Crippen LogP contribution < -0.4 is 26.2 Å². The van der Waals surface area contributed by atoms with Crippen LogP contribution in [0.5, 0.6) is 0 Å². The zero-order chi connectivity index (χ0) is 46.2. The van der Waals surface area contributed by atoms with Crippen LogP contribution in [0.1, 0.15) is 95.7 Å². The minimum atomic E-state index is -0.146. The zero-order valence-electron chi connectivity index (χ0n) is 40.6. The van der Waals surface area contributed by atoms with E-state index in [2.05, 4.69) is 220 Å². The molecule has 2 aromatic heterocycles. The maximum atomic E-state index is 7.31. The van der Waals surface area contributed by atoms with Gasteiger partial charge < -0.3 is 13.7 Å². The van der Waals surface area contributed by atoms with Crippen molar-refractivity contribution in [1.29, 1.82) is 0 Å². The second-order valence-electron chi connectivity index (χ2n) is 22.0. The Morgan fingerprint density at radius 1 is 0.439 bits per heavy atom. The summed E-state index contributed by atoms with van der Waals surface area (Å²) < 4.78 is 13.5. The highest BCUT2D eigenvalue weighted by atomic mass is 16.4. The van der Waals surface area contributed by atoms with Crippen LogP contribution in [0, 0.1) is 20.8 Å². The molecule has 0 spiro atoms. The lowest BCUT2D eigenvalue weighted by Gasteiger charge is -2.44. The van der Waals surface area contributed by atoms with Crippen molar-refractivity contribution in [3.63, 3.8) is 0 Å². The van der Waals surface area contributed by atoms with Gasteiger partial charge in [0, 0.05) is 44.4 Å². The molecule has 0 radical (unpaired) electrons. The number of aryl methyl sites for hydroxylation is 3. The van der Waals surface area contributed by atoms with E-state index in [0.29, 0.717) is 0 Å². The summed E-state index contributed by atoms with van der Waals surface area (Å²) >= 11 is 0. The molecular weight excluding hydrogens is 803 g/mol. The van der Waals surface area contributed by atoms with Gasteiger partial charge in [-0.3, -0.25) is 4.90 Å². The third-order valence-corrected chi connectivity index (χ3v) is 14.3. The first-order valence-corrected chi connectivity index (χ1v) is 23.6. The molecule has 4 heterocycles. The number of hydrogen-bond acceptors (Lipinski definition) is 4. The molecule has 0 atom stereocenters. The van der Waals surface area contributed by atoms with Crippen molar-refractivity contribution in [2.75, 3.05) is 9.80 Å². The lowest BCUT2D eigenvalue weighted by Crippen LogP contribution is -2.61. The zero-order valence-corrected chi connectivity index (χ0v) is 40.6. The number of anilines is 6. The third-order valence-electron chi connectivity index (χ3n) is 14.3. The Morgan fingerprint density at radius 3 is 1.74 bits per heavy atom. The molecule has 2 aliphatic heterocycles. The van der Waals surface area contributed by atoms with Crippen LogP contribution in [0.15, 0.2) is 149 Å². The standard InChI is InChI=1S/C61H59BN2O2/c1-36-29-42(60(7,8)9)30-37(2)56(36)64-51-23-18-22-50-55(51)62(54-46-33-41(59(4,5)6)26-28-53(46)66-58(54)64)48-32-40(47-35-65-52-24-17-16-21-44(47)52)25-27-49(48)63(50)57-38(3)31-43(61(10,11)12)34-45(57)39-19-14-13-15-20-39/h13-35H,1-12H3. The van der Waals surface area contributed by atoms with Gasteiger partial charge in [-0.25, -0.2) is 0 Å². The van der Waals surface area contributed by atoms with Crippen LogP contribution in [-0.4, -0.2) is 6.71 Å². The fourth-order valence-corrected chi connectivity index (χ4v) is 10.8. The molecule has 4 nitrogen and oxygen atoms in total. The normalized spacial score (nSPS) is 13.7. The van der Waals surface area contributed by atoms with Crippen molar-refractivity contribution >= 4 is 79.4 Å². The largest absolute Gasteiger partial charge is 0.464 e. The van der Waals surface area contributed by atoms with E-state index in [0.717, 1.165) is 56.0 Å². The third kappa shape index (κ3) is 6.49. The number of nitrogens with zero attached hydrogens (tertiary/aromatic N) is 2. The Labute approximate surface area is 391 Å². The van der Waals surface area contributed by atoms with E-state index < -0.39 is 0 Å². The van der Waals surface area contributed by atoms with Crippen LogP contribution in [0.4, 0.5) is 34.3 Å². The molecule has 0 aliphatic carbocycles. The molecule has 0 unspecified atom stereocenters. The molecule has 7 aromatic carbocycles. The van der Waals surface area contributed by atoms with Crippen molar-refractivity contribution in [3.05, 3.63) is 173 Å². The van der Waals surface area contributed by atoms with Gasteiger partial charge >= 0.3 is 0 Å². The van der Waals surface area contributed by atoms with Gasteiger partial charge in [-0.2, -0.15) is 0 Å². The second-order valence-corrected chi connectivity index (χ2v) is 22.0. The number of fused-ring (bicyclic) bond motifs is 7. The molecule has 9 aromatic rings. The van der Waals surface area contributed by atoms with E-state index >= 15 is 0 Å². The van der Waals surface area contributed by atoms with Gasteiger partial charge in [0.2, 0.25) is 5.88 Å². The highest BCUT2D eigenvalue weighted by molar-refractivity contribution is 7.01. The summed E-state index contributed by atoms with van der Waals surface area (Å²) in [6.07, 6.45) is 1.93. The molecule has 0 amide bonds. The lowest BCUT2D eigenvalue weighted by molar-refractivity contribution is 0.588. The lowest BCUT2D eigenvalue weighted by atomic mass is 9.33. The quantitative estimate of drug-likeness (QED) is 0.165. The Hall–Kier alpha value is -6.72. The molecule has 0 fully saturated rings. The predicted molar refractivity (Wildman–Crippen MR) is 281 cm³/mol. The number of hydrogen-bond donors (Lipinski definition) is 0. The molecule has 11 rings (SSSR count). The monoisotopic (exact) mass is 862 g/mol. The second kappa shape index (κ2) is 14.6. The van der Waals surface area contributed by atoms with Gasteiger partial charge in [0.05, 0.1) is 17.6 Å². The number of benzene rings is 7. The molecule has 328 valence electrons. The van der Waals surface area contributed by atoms with E-state index in [1.807, 2.05) is 12.3 Å². The van der Waals surface area contributed by atoms with Crippen molar-refractivity contribution < 1.29 is 8.83 Å². The fourth-order valence-electron chi connectivity index (χ4n) is 10.8. The summed E-state index contributed by atoms with van der Waals surface area (Å²) in [4.78, 5) is 5.04. The number of rotatable bonds is 4. The van der Waals surface area contributed by atoms with Crippen LogP contribution in [0.25, 0.3) is 44.2 Å². The molecule has 0 saturated carbocycles. The Kier molecular flexibility index (Phi) is 9.31. The smallest absolute Gasteiger partial charge is 0.257 e. The first-order chi connectivity index (χ1) is 31.4. The molecule has 66 heavy (non-hydrogen) atoms. The number of para-hydroxylation sites is 1. The number of furan rings is 2. The molecular formula is C61H59BN2O2. The highest BCUT2D eigenvalue weighted by Gasteiger charge is 2.47. The van der Waals surface area contributed by atoms with Crippen LogP contribution >= 0.6 is 0 Å². The van der Waals surface area contributed by atoms with E-state index in [-0.39, 0.29) is 23.0 Å². The minimum Gasteiger partial charge on any atom is -0.464 e. The average Bonchev–Trinajstić information content (AvgIpc) is 3.88. The van der Waals surface area contributed by atoms with Crippen molar-refractivity contribution in [3.8, 4) is 22.3 Å². The van der Waals surface area contributed by atoms with Crippen LogP contribution in [0.3, 0.4) is 0 Å². The molecule has 2 aliphatic rings. The maximum Gasteiger partial charge on any atom is 0.257 e. The highest BCUT2D eigenvalue weighted by Crippen LogP contribution is 2.51. The van der Waals surface area contributed by atoms with Crippen molar-refractivity contribution in [2.45, 2.75) is 99.3 Å². The van der Waals surface area contributed by atoms with Gasteiger partial charge in [-0.15, -0.1) is 0 Å². The topological polar surface area (TPSA) is 32.8 Å². The Morgan fingerprint density at radius 2 is 1.06 bits per heavy atom. The first-order valence-electron chi connectivity index (χ1n) is 23.6. The van der Waals surface area contributed by atoms with Crippen LogP contribution in [0.2, 0.25) is 0 Å². The van der Waals surface area contributed by atoms with Gasteiger partial charge in [-0.05, 0) is 135 Å².